The molecule has 0 unspecified atom stereocenters. The Bertz CT molecular complexity index is 1070. The molecule has 0 atom stereocenters. The predicted molar refractivity (Wildman–Crippen MR) is 120 cm³/mol. The van der Waals surface area contributed by atoms with Gasteiger partial charge in [0, 0.05) is 30.8 Å². The zero-order chi connectivity index (χ0) is 21.1. The van der Waals surface area contributed by atoms with E-state index in [9.17, 15) is 9.18 Å². The van der Waals surface area contributed by atoms with Crippen molar-refractivity contribution < 1.29 is 9.18 Å². The molecule has 1 amide bonds. The Labute approximate surface area is 183 Å². The minimum Gasteiger partial charge on any atom is -0.357 e. The lowest BCUT2D eigenvalue weighted by Crippen LogP contribution is -2.27. The third-order valence-corrected chi connectivity index (χ3v) is 6.40. The SMILES string of the molecule is N=C(c1ccc(-c2cc(CNC(=O)c3ccc(Cl)s3)ccc2F)cc1)N1CCCC1. The van der Waals surface area contributed by atoms with Crippen LogP contribution in [0, 0.1) is 11.2 Å². The lowest BCUT2D eigenvalue weighted by atomic mass is 10.0. The van der Waals surface area contributed by atoms with E-state index in [0.29, 0.717) is 27.2 Å². The van der Waals surface area contributed by atoms with Crippen LogP contribution in [0.15, 0.2) is 54.6 Å². The molecule has 4 rings (SSSR count). The van der Waals surface area contributed by atoms with Gasteiger partial charge in [-0.3, -0.25) is 10.2 Å². The summed E-state index contributed by atoms with van der Waals surface area (Å²) >= 11 is 7.09. The minimum atomic E-state index is -0.322. The molecule has 2 aromatic carbocycles. The van der Waals surface area contributed by atoms with Crippen molar-refractivity contribution >= 4 is 34.7 Å². The van der Waals surface area contributed by atoms with Crippen LogP contribution in [0.2, 0.25) is 4.34 Å². The molecule has 1 aliphatic rings. The van der Waals surface area contributed by atoms with E-state index in [4.69, 9.17) is 17.0 Å². The number of hydrogen-bond donors (Lipinski definition) is 2. The summed E-state index contributed by atoms with van der Waals surface area (Å²) in [6, 6.07) is 15.6. The van der Waals surface area contributed by atoms with Crippen LogP contribution in [0.3, 0.4) is 0 Å². The summed E-state index contributed by atoms with van der Waals surface area (Å²) in [5.74, 6) is -0.00953. The number of benzene rings is 2. The van der Waals surface area contributed by atoms with Crippen molar-refractivity contribution in [2.24, 2.45) is 0 Å². The van der Waals surface area contributed by atoms with Crippen LogP contribution < -0.4 is 5.32 Å². The highest BCUT2D eigenvalue weighted by Gasteiger charge is 2.16. The van der Waals surface area contributed by atoms with Crippen molar-refractivity contribution in [1.82, 2.24) is 10.2 Å². The lowest BCUT2D eigenvalue weighted by Gasteiger charge is -2.18. The summed E-state index contributed by atoms with van der Waals surface area (Å²) in [5, 5.41) is 11.2. The molecule has 4 nitrogen and oxygen atoms in total. The van der Waals surface area contributed by atoms with Gasteiger partial charge in [0.05, 0.1) is 9.21 Å². The second-order valence-corrected chi connectivity index (χ2v) is 8.94. The summed E-state index contributed by atoms with van der Waals surface area (Å²) in [4.78, 5) is 14.8. The van der Waals surface area contributed by atoms with Crippen LogP contribution in [0.25, 0.3) is 11.1 Å². The van der Waals surface area contributed by atoms with Gasteiger partial charge < -0.3 is 10.2 Å². The molecule has 1 saturated heterocycles. The van der Waals surface area contributed by atoms with Gasteiger partial charge >= 0.3 is 0 Å². The number of hydrogen-bond acceptors (Lipinski definition) is 3. The Kier molecular flexibility index (Phi) is 6.16. The average Bonchev–Trinajstić information content (AvgIpc) is 3.45. The fraction of sp³-hybridized carbons (Fsp3) is 0.217. The normalized spacial score (nSPS) is 13.5. The average molecular weight is 442 g/mol. The highest BCUT2D eigenvalue weighted by atomic mass is 35.5. The number of likely N-dealkylation sites (tertiary alicyclic amines) is 1. The van der Waals surface area contributed by atoms with Gasteiger partial charge in [0.15, 0.2) is 0 Å². The van der Waals surface area contributed by atoms with Gasteiger partial charge in [-0.15, -0.1) is 11.3 Å². The first-order chi connectivity index (χ1) is 14.5. The molecule has 1 aliphatic heterocycles. The van der Waals surface area contributed by atoms with E-state index in [1.165, 1.54) is 17.4 Å². The second kappa shape index (κ2) is 8.98. The number of carbonyl (C=O) groups excluding carboxylic acids is 1. The maximum Gasteiger partial charge on any atom is 0.261 e. The Hall–Kier alpha value is -2.70. The Balaban J connectivity index is 1.47. The molecule has 154 valence electrons. The summed E-state index contributed by atoms with van der Waals surface area (Å²) in [6.07, 6.45) is 2.24. The van der Waals surface area contributed by atoms with Gasteiger partial charge in [-0.05, 0) is 48.2 Å². The van der Waals surface area contributed by atoms with E-state index >= 15 is 0 Å². The van der Waals surface area contributed by atoms with E-state index < -0.39 is 0 Å². The fourth-order valence-corrected chi connectivity index (χ4v) is 4.50. The molecule has 1 aromatic heterocycles. The molecular weight excluding hydrogens is 421 g/mol. The van der Waals surface area contributed by atoms with Crippen molar-refractivity contribution in [3.8, 4) is 11.1 Å². The Morgan fingerprint density at radius 3 is 2.50 bits per heavy atom. The maximum atomic E-state index is 14.5. The van der Waals surface area contributed by atoms with Gasteiger partial charge in [0.25, 0.3) is 5.91 Å². The number of halogens is 2. The topological polar surface area (TPSA) is 56.2 Å². The van der Waals surface area contributed by atoms with E-state index in [1.807, 2.05) is 24.3 Å². The van der Waals surface area contributed by atoms with Crippen molar-refractivity contribution in [1.29, 1.82) is 5.41 Å². The number of carbonyl (C=O) groups is 1. The number of amides is 1. The van der Waals surface area contributed by atoms with E-state index in [2.05, 4.69) is 10.2 Å². The van der Waals surface area contributed by atoms with Crippen molar-refractivity contribution in [3.05, 3.63) is 80.8 Å². The van der Waals surface area contributed by atoms with Crippen LogP contribution in [0.4, 0.5) is 4.39 Å². The maximum absolute atomic E-state index is 14.5. The van der Waals surface area contributed by atoms with Crippen LogP contribution in [-0.4, -0.2) is 29.7 Å². The first-order valence-electron chi connectivity index (χ1n) is 9.77. The molecule has 30 heavy (non-hydrogen) atoms. The first kappa shape index (κ1) is 20.6. The number of amidine groups is 1. The van der Waals surface area contributed by atoms with E-state index in [-0.39, 0.29) is 11.7 Å². The standard InChI is InChI=1S/C23H21ClFN3OS/c24-21-10-9-20(30-21)23(29)27-14-15-3-8-19(25)18(13-15)16-4-6-17(7-5-16)22(26)28-11-1-2-12-28/h3-10,13,26H,1-2,11-12,14H2,(H,27,29). The van der Waals surface area contributed by atoms with Crippen molar-refractivity contribution in [2.75, 3.05) is 13.1 Å². The molecule has 7 heteroatoms. The largest absolute Gasteiger partial charge is 0.357 e. The monoisotopic (exact) mass is 441 g/mol. The Morgan fingerprint density at radius 2 is 1.83 bits per heavy atom. The van der Waals surface area contributed by atoms with Crippen LogP contribution in [0.1, 0.15) is 33.6 Å². The molecule has 3 aromatic rings. The summed E-state index contributed by atoms with van der Waals surface area (Å²) in [7, 11) is 0. The molecule has 2 N–H and O–H groups in total. The minimum absolute atomic E-state index is 0.206. The summed E-state index contributed by atoms with van der Waals surface area (Å²) < 4.78 is 15.0. The predicted octanol–water partition coefficient (Wildman–Crippen LogP) is 5.56. The third kappa shape index (κ3) is 4.55. The first-order valence-corrected chi connectivity index (χ1v) is 11.0. The van der Waals surface area contributed by atoms with Crippen LogP contribution in [0.5, 0.6) is 0 Å². The number of rotatable bonds is 5. The molecular formula is C23H21ClFN3OS. The highest BCUT2D eigenvalue weighted by molar-refractivity contribution is 7.17. The van der Waals surface area contributed by atoms with Gasteiger partial charge in [-0.1, -0.05) is 41.9 Å². The Morgan fingerprint density at radius 1 is 1.10 bits per heavy atom. The second-order valence-electron chi connectivity index (χ2n) is 7.22. The molecule has 0 aliphatic carbocycles. The molecule has 1 fully saturated rings. The van der Waals surface area contributed by atoms with Crippen molar-refractivity contribution in [3.63, 3.8) is 0 Å². The fourth-order valence-electron chi connectivity index (χ4n) is 3.54. The number of nitrogens with one attached hydrogen (secondary N) is 2. The van der Waals surface area contributed by atoms with Crippen LogP contribution in [-0.2, 0) is 6.54 Å². The van der Waals surface area contributed by atoms with Gasteiger partial charge in [0.2, 0.25) is 0 Å². The highest BCUT2D eigenvalue weighted by Crippen LogP contribution is 2.26. The van der Waals surface area contributed by atoms with E-state index in [1.54, 1.807) is 24.3 Å². The molecule has 2 heterocycles. The molecule has 0 radical (unpaired) electrons. The van der Waals surface area contributed by atoms with E-state index in [0.717, 1.165) is 42.6 Å². The molecule has 0 spiro atoms. The van der Waals surface area contributed by atoms with Crippen molar-refractivity contribution in [2.45, 2.75) is 19.4 Å². The van der Waals surface area contributed by atoms with Crippen LogP contribution >= 0.6 is 22.9 Å². The van der Waals surface area contributed by atoms with Gasteiger partial charge in [0.1, 0.15) is 11.7 Å². The number of thiophene rings is 1. The zero-order valence-corrected chi connectivity index (χ0v) is 17.8. The quantitative estimate of drug-likeness (QED) is 0.402. The summed E-state index contributed by atoms with van der Waals surface area (Å²) in [6.45, 7) is 2.13. The van der Waals surface area contributed by atoms with Gasteiger partial charge in [-0.25, -0.2) is 4.39 Å². The molecule has 0 saturated carbocycles. The van der Waals surface area contributed by atoms with Gasteiger partial charge in [-0.2, -0.15) is 0 Å². The molecule has 0 bridgehead atoms. The lowest BCUT2D eigenvalue weighted by molar-refractivity contribution is 0.0955. The zero-order valence-electron chi connectivity index (χ0n) is 16.3. The smallest absolute Gasteiger partial charge is 0.261 e. The third-order valence-electron chi connectivity index (χ3n) is 5.17. The number of nitrogens with zero attached hydrogens (tertiary/aromatic N) is 1. The summed E-state index contributed by atoms with van der Waals surface area (Å²) in [5.41, 5.74) is 2.85.